The normalized spacial score (nSPS) is 12.8. The summed E-state index contributed by atoms with van der Waals surface area (Å²) in [6.07, 6.45) is 0. The first-order valence-electron chi connectivity index (χ1n) is 36.5. The van der Waals surface area contributed by atoms with Gasteiger partial charge in [0.25, 0.3) is 6.71 Å². The van der Waals surface area contributed by atoms with Gasteiger partial charge in [0.2, 0.25) is 0 Å². The molecule has 2 aliphatic heterocycles. The summed E-state index contributed by atoms with van der Waals surface area (Å²) >= 11 is 0. The summed E-state index contributed by atoms with van der Waals surface area (Å²) in [5.41, 5.74) is 31.7. The van der Waals surface area contributed by atoms with Crippen LogP contribution in [0.4, 0.5) is 34.1 Å². The Bertz CT molecular complexity index is 5890. The number of nitrogens with zero attached hydrogens (tertiary/aromatic N) is 5. The van der Waals surface area contributed by atoms with Crippen molar-refractivity contribution in [3.05, 3.63) is 351 Å². The number of hydrogen-bond donors (Lipinski definition) is 0. The number of anilines is 6. The SMILES string of the molecule is CC(C)(C)c1cc(-c2ccccc2)c(N2c3cc(-n4c5ccccc5c5ccccc54)ccc3B3c4ccc(-n5c6ccccc6c6ccccc65)cc4N(c4c(-c5ccccc5)cc(C(C)(C)C)cc4-c4ccccc4)c4cc(-n5c6ccccc6c6ccccc65)cc2c43)c(-c2ccccc2)c1. The van der Waals surface area contributed by atoms with Gasteiger partial charge in [-0.3, -0.25) is 0 Å². The van der Waals surface area contributed by atoms with E-state index in [0.29, 0.717) is 0 Å². The number of para-hydroxylation sites is 6. The molecule has 2 aliphatic rings. The van der Waals surface area contributed by atoms with Crippen LogP contribution in [0.1, 0.15) is 52.7 Å². The van der Waals surface area contributed by atoms with Crippen LogP contribution < -0.4 is 26.2 Å². The van der Waals surface area contributed by atoms with Gasteiger partial charge in [0.1, 0.15) is 0 Å². The second-order valence-corrected chi connectivity index (χ2v) is 30.4. The van der Waals surface area contributed by atoms with Crippen LogP contribution in [0.25, 0.3) is 127 Å². The molecular formula is C98H74BN5. The van der Waals surface area contributed by atoms with Crippen LogP contribution in [0.15, 0.2) is 340 Å². The average Bonchev–Trinajstić information content (AvgIpc) is 0.750. The molecular weight excluding hydrogens is 1260 g/mol. The molecule has 0 fully saturated rings. The van der Waals surface area contributed by atoms with E-state index in [9.17, 15) is 0 Å². The van der Waals surface area contributed by atoms with Crippen LogP contribution in [0.2, 0.25) is 0 Å². The van der Waals surface area contributed by atoms with Gasteiger partial charge in [0.15, 0.2) is 0 Å². The quantitative estimate of drug-likeness (QED) is 0.134. The zero-order chi connectivity index (χ0) is 69.7. The lowest BCUT2D eigenvalue weighted by Crippen LogP contribution is -2.61. The zero-order valence-electron chi connectivity index (χ0n) is 59.1. The van der Waals surface area contributed by atoms with Crippen molar-refractivity contribution in [3.63, 3.8) is 0 Å². The Labute approximate surface area is 607 Å². The minimum absolute atomic E-state index is 0.215. The summed E-state index contributed by atoms with van der Waals surface area (Å²) in [5, 5.41) is 7.29. The van der Waals surface area contributed by atoms with E-state index in [2.05, 4.69) is 405 Å². The third-order valence-corrected chi connectivity index (χ3v) is 22.3. The second-order valence-electron chi connectivity index (χ2n) is 30.4. The highest BCUT2D eigenvalue weighted by molar-refractivity contribution is 7.00. The fourth-order valence-corrected chi connectivity index (χ4v) is 17.4. The first-order chi connectivity index (χ1) is 50.9. The molecule has 0 bridgehead atoms. The van der Waals surface area contributed by atoms with Crippen LogP contribution in [-0.2, 0) is 10.8 Å². The molecule has 6 heteroatoms. The monoisotopic (exact) mass is 1330 g/mol. The Balaban J connectivity index is 1.01. The van der Waals surface area contributed by atoms with Crippen molar-refractivity contribution in [2.75, 3.05) is 9.80 Å². The molecule has 0 spiro atoms. The van der Waals surface area contributed by atoms with E-state index in [1.165, 1.54) is 59.8 Å². The topological polar surface area (TPSA) is 21.3 Å². The Morgan fingerprint density at radius 3 is 0.740 bits per heavy atom. The molecule has 0 saturated carbocycles. The van der Waals surface area contributed by atoms with Crippen molar-refractivity contribution < 1.29 is 0 Å². The Morgan fingerprint density at radius 2 is 0.471 bits per heavy atom. The molecule has 104 heavy (non-hydrogen) atoms. The first kappa shape index (κ1) is 61.3. The second kappa shape index (κ2) is 23.5. The molecule has 20 rings (SSSR count). The van der Waals surface area contributed by atoms with E-state index < -0.39 is 0 Å². The summed E-state index contributed by atoms with van der Waals surface area (Å²) in [4.78, 5) is 5.45. The van der Waals surface area contributed by atoms with Gasteiger partial charge in [-0.05, 0) is 158 Å². The van der Waals surface area contributed by atoms with Crippen molar-refractivity contribution >= 4 is 123 Å². The van der Waals surface area contributed by atoms with Crippen molar-refractivity contribution in [1.82, 2.24) is 13.7 Å². The summed E-state index contributed by atoms with van der Waals surface area (Å²) in [6.45, 7) is 13.9. The van der Waals surface area contributed by atoms with Gasteiger partial charge >= 0.3 is 0 Å². The van der Waals surface area contributed by atoms with Gasteiger partial charge in [-0.25, -0.2) is 0 Å². The first-order valence-corrected chi connectivity index (χ1v) is 36.5. The number of rotatable bonds is 9. The molecule has 5 nitrogen and oxygen atoms in total. The summed E-state index contributed by atoms with van der Waals surface area (Å²) < 4.78 is 7.56. The third-order valence-electron chi connectivity index (χ3n) is 22.3. The van der Waals surface area contributed by atoms with E-state index in [-0.39, 0.29) is 17.5 Å². The van der Waals surface area contributed by atoms with Crippen LogP contribution in [0.3, 0.4) is 0 Å². The predicted molar refractivity (Wildman–Crippen MR) is 443 cm³/mol. The maximum atomic E-state index is 2.73. The van der Waals surface area contributed by atoms with Crippen molar-refractivity contribution in [2.45, 2.75) is 52.4 Å². The highest BCUT2D eigenvalue weighted by Gasteiger charge is 2.46. The van der Waals surface area contributed by atoms with Crippen LogP contribution in [0, 0.1) is 0 Å². The largest absolute Gasteiger partial charge is 0.310 e. The highest BCUT2D eigenvalue weighted by Crippen LogP contribution is 2.56. The number of fused-ring (bicyclic) bond motifs is 13. The lowest BCUT2D eigenvalue weighted by Gasteiger charge is -2.46. The van der Waals surface area contributed by atoms with Crippen molar-refractivity contribution in [1.29, 1.82) is 0 Å². The number of benzene rings is 15. The minimum atomic E-state index is -0.285. The van der Waals surface area contributed by atoms with Gasteiger partial charge in [-0.2, -0.15) is 0 Å². The van der Waals surface area contributed by atoms with Gasteiger partial charge in [-0.15, -0.1) is 0 Å². The maximum Gasteiger partial charge on any atom is 0.252 e. The predicted octanol–water partition coefficient (Wildman–Crippen LogP) is 24.3. The van der Waals surface area contributed by atoms with E-state index in [0.717, 1.165) is 129 Å². The fraction of sp³-hybridized carbons (Fsp3) is 0.0816. The van der Waals surface area contributed by atoms with Gasteiger partial charge in [0, 0.05) is 88.7 Å². The molecule has 0 radical (unpaired) electrons. The average molecular weight is 1330 g/mol. The molecule has 3 aromatic heterocycles. The van der Waals surface area contributed by atoms with Gasteiger partial charge in [-0.1, -0.05) is 284 Å². The third kappa shape index (κ3) is 9.48. The van der Waals surface area contributed by atoms with Crippen molar-refractivity contribution in [3.8, 4) is 61.6 Å². The van der Waals surface area contributed by atoms with E-state index in [4.69, 9.17) is 0 Å². The van der Waals surface area contributed by atoms with E-state index in [1.807, 2.05) is 0 Å². The molecule has 5 heterocycles. The van der Waals surface area contributed by atoms with Crippen LogP contribution in [-0.4, -0.2) is 20.4 Å². The number of aromatic nitrogens is 3. The Morgan fingerprint density at radius 1 is 0.231 bits per heavy atom. The summed E-state index contributed by atoms with van der Waals surface area (Å²) in [5.74, 6) is 0. The zero-order valence-corrected chi connectivity index (χ0v) is 59.1. The molecule has 494 valence electrons. The highest BCUT2D eigenvalue weighted by atomic mass is 15.2. The van der Waals surface area contributed by atoms with Crippen LogP contribution >= 0.6 is 0 Å². The van der Waals surface area contributed by atoms with Crippen molar-refractivity contribution in [2.24, 2.45) is 0 Å². The van der Waals surface area contributed by atoms with Gasteiger partial charge < -0.3 is 23.5 Å². The van der Waals surface area contributed by atoms with E-state index in [1.54, 1.807) is 0 Å². The lowest BCUT2D eigenvalue weighted by atomic mass is 9.33. The summed E-state index contributed by atoms with van der Waals surface area (Å²) in [7, 11) is 0. The Kier molecular flexibility index (Phi) is 13.8. The minimum Gasteiger partial charge on any atom is -0.310 e. The summed E-state index contributed by atoms with van der Waals surface area (Å²) in [6, 6.07) is 129. The molecule has 0 amide bonds. The molecule has 0 unspecified atom stereocenters. The Hall–Kier alpha value is -12.6. The fourth-order valence-electron chi connectivity index (χ4n) is 17.4. The molecule has 18 aromatic rings. The smallest absolute Gasteiger partial charge is 0.252 e. The van der Waals surface area contributed by atoms with Crippen LogP contribution in [0.5, 0.6) is 0 Å². The molecule has 15 aromatic carbocycles. The standard InChI is InChI=1S/C98H74BN5/c1-97(2,3)67-55-78(63-31-11-7-12-32-63)95(79(56-67)64-33-13-8-14-34-64)103-90-59-69(100-84-45-25-19-39-72(84)73-40-20-26-46-85(73)100)51-53-82(90)99-83-54-52-70(101-86-47-27-21-41-74(86)75-42-22-28-48-87(75)101)60-91(83)104(93-62-71(61-92(103)94(93)99)102-88-49-29-23-43-76(88)77-44-24-30-50-89(77)102)96-80(65-35-15-9-16-36-65)57-68(98(4,5)6)58-81(96)66-37-17-10-18-38-66/h7-62H,1-6H3. The van der Waals surface area contributed by atoms with Gasteiger partial charge in [0.05, 0.1) is 50.2 Å². The molecule has 0 saturated heterocycles. The maximum absolute atomic E-state index is 2.73. The number of hydrogen-bond acceptors (Lipinski definition) is 2. The molecule has 0 atom stereocenters. The molecule has 0 N–H and O–H groups in total. The molecule has 0 aliphatic carbocycles. The lowest BCUT2D eigenvalue weighted by molar-refractivity contribution is 0.590. The van der Waals surface area contributed by atoms with E-state index >= 15 is 0 Å².